The van der Waals surface area contributed by atoms with Gasteiger partial charge in [-0.3, -0.25) is 20.6 Å². The van der Waals surface area contributed by atoms with E-state index in [4.69, 9.17) is 5.84 Å². The topological polar surface area (TPSA) is 84.1 Å². The molecule has 0 aliphatic carbocycles. The molecule has 0 unspecified atom stereocenters. The van der Waals surface area contributed by atoms with E-state index in [0.717, 1.165) is 11.4 Å². The summed E-state index contributed by atoms with van der Waals surface area (Å²) in [5.41, 5.74) is 5.04. The van der Waals surface area contributed by atoms with Gasteiger partial charge < -0.3 is 10.3 Å². The smallest absolute Gasteiger partial charge is 0.261 e. The third-order valence-corrected chi connectivity index (χ3v) is 2.78. The molecule has 0 aliphatic rings. The van der Waals surface area contributed by atoms with Crippen molar-refractivity contribution in [2.24, 2.45) is 5.84 Å². The van der Waals surface area contributed by atoms with Gasteiger partial charge in [-0.2, -0.15) is 0 Å². The molecule has 0 aromatic carbocycles. The summed E-state index contributed by atoms with van der Waals surface area (Å²) in [5, 5.41) is 0. The van der Waals surface area contributed by atoms with Crippen molar-refractivity contribution < 1.29 is 4.79 Å². The number of hydrogen-bond donors (Lipinski definition) is 2. The molecule has 98 valence electrons. The van der Waals surface area contributed by atoms with Gasteiger partial charge in [0.25, 0.3) is 5.91 Å². The van der Waals surface area contributed by atoms with Crippen LogP contribution in [0.4, 0.5) is 11.4 Å². The van der Waals surface area contributed by atoms with Gasteiger partial charge in [-0.1, -0.05) is 0 Å². The monoisotopic (exact) mass is 257 g/mol. The van der Waals surface area contributed by atoms with Gasteiger partial charge in [0.1, 0.15) is 0 Å². The fraction of sp³-hybridized carbons (Fsp3) is 0.154. The van der Waals surface area contributed by atoms with Crippen molar-refractivity contribution in [1.82, 2.24) is 9.97 Å². The maximum absolute atomic E-state index is 12.4. The summed E-state index contributed by atoms with van der Waals surface area (Å²) in [6.45, 7) is 1.83. The van der Waals surface area contributed by atoms with E-state index in [1.807, 2.05) is 6.92 Å². The molecule has 2 aromatic rings. The fourth-order valence-corrected chi connectivity index (χ4v) is 1.72. The highest BCUT2D eigenvalue weighted by Crippen LogP contribution is 2.19. The molecule has 2 heterocycles. The second kappa shape index (κ2) is 5.45. The molecule has 0 atom stereocenters. The van der Waals surface area contributed by atoms with E-state index in [9.17, 15) is 4.79 Å². The molecular weight excluding hydrogens is 242 g/mol. The molecule has 6 nitrogen and oxygen atoms in total. The van der Waals surface area contributed by atoms with Gasteiger partial charge in [0.05, 0.1) is 11.3 Å². The largest absolute Gasteiger partial charge is 0.323 e. The third kappa shape index (κ3) is 2.69. The predicted octanol–water partition coefficient (Wildman–Crippen LogP) is 1.35. The van der Waals surface area contributed by atoms with Gasteiger partial charge in [-0.15, -0.1) is 0 Å². The number of aromatic nitrogens is 2. The Morgan fingerprint density at radius 3 is 2.68 bits per heavy atom. The van der Waals surface area contributed by atoms with Crippen LogP contribution in [0.5, 0.6) is 0 Å². The number of amides is 1. The molecule has 1 amide bonds. The number of hydrogen-bond acceptors (Lipinski definition) is 5. The molecule has 2 rings (SSSR count). The lowest BCUT2D eigenvalue weighted by molar-refractivity contribution is 0.0993. The highest BCUT2D eigenvalue weighted by Gasteiger charge is 2.17. The molecule has 0 bridgehead atoms. The second-order valence-electron chi connectivity index (χ2n) is 4.09. The first kappa shape index (κ1) is 13.0. The second-order valence-corrected chi connectivity index (χ2v) is 4.09. The Labute approximate surface area is 111 Å². The Bertz CT molecular complexity index is 585. The zero-order valence-electron chi connectivity index (χ0n) is 10.8. The number of carbonyl (C=O) groups excluding carboxylic acids is 1. The minimum atomic E-state index is -0.188. The van der Waals surface area contributed by atoms with Gasteiger partial charge in [0.2, 0.25) is 0 Å². The fourth-order valence-electron chi connectivity index (χ4n) is 1.72. The summed E-state index contributed by atoms with van der Waals surface area (Å²) < 4.78 is 0. The van der Waals surface area contributed by atoms with Crippen LogP contribution in [-0.4, -0.2) is 22.9 Å². The lowest BCUT2D eigenvalue weighted by Gasteiger charge is -2.18. The molecule has 0 fully saturated rings. The van der Waals surface area contributed by atoms with E-state index in [1.54, 1.807) is 37.6 Å². The number of carbonyl (C=O) groups is 1. The summed E-state index contributed by atoms with van der Waals surface area (Å²) in [6, 6.07) is 5.25. The molecule has 0 spiro atoms. The number of nitrogens with two attached hydrogens (primary N) is 1. The summed E-state index contributed by atoms with van der Waals surface area (Å²) in [7, 11) is 1.69. The molecule has 0 saturated carbocycles. The number of anilines is 2. The Morgan fingerprint density at radius 2 is 2.05 bits per heavy atom. The lowest BCUT2D eigenvalue weighted by Crippen LogP contribution is -2.28. The zero-order chi connectivity index (χ0) is 13.8. The van der Waals surface area contributed by atoms with Gasteiger partial charge >= 0.3 is 0 Å². The van der Waals surface area contributed by atoms with Crippen molar-refractivity contribution in [3.8, 4) is 0 Å². The minimum Gasteiger partial charge on any atom is -0.323 e. The van der Waals surface area contributed by atoms with Crippen LogP contribution >= 0.6 is 0 Å². The Morgan fingerprint density at radius 1 is 1.37 bits per heavy atom. The SMILES string of the molecule is Cc1cc(NN)c(C(=O)N(C)c2ccncc2)cn1. The van der Waals surface area contributed by atoms with E-state index in [-0.39, 0.29) is 5.91 Å². The Hall–Kier alpha value is -2.47. The van der Waals surface area contributed by atoms with Crippen LogP contribution in [0.1, 0.15) is 16.1 Å². The van der Waals surface area contributed by atoms with E-state index < -0.39 is 0 Å². The standard InChI is InChI=1S/C13H15N5O/c1-9-7-12(17-14)11(8-16-9)13(19)18(2)10-3-5-15-6-4-10/h3-8H,14H2,1-2H3,(H,16,17). The van der Waals surface area contributed by atoms with Crippen LogP contribution in [0.2, 0.25) is 0 Å². The average Bonchev–Trinajstić information content (AvgIpc) is 2.46. The van der Waals surface area contributed by atoms with Crippen LogP contribution in [0, 0.1) is 6.92 Å². The number of pyridine rings is 2. The summed E-state index contributed by atoms with van der Waals surface area (Å²) in [4.78, 5) is 22.0. The van der Waals surface area contributed by atoms with E-state index in [0.29, 0.717) is 11.3 Å². The van der Waals surface area contributed by atoms with Crippen molar-refractivity contribution in [2.75, 3.05) is 17.4 Å². The molecule has 3 N–H and O–H groups in total. The van der Waals surface area contributed by atoms with Crippen molar-refractivity contribution in [2.45, 2.75) is 6.92 Å². The number of rotatable bonds is 3. The van der Waals surface area contributed by atoms with Crippen molar-refractivity contribution in [3.05, 3.63) is 48.0 Å². The van der Waals surface area contributed by atoms with Crippen molar-refractivity contribution in [1.29, 1.82) is 0 Å². The van der Waals surface area contributed by atoms with Gasteiger partial charge in [0, 0.05) is 37.0 Å². The van der Waals surface area contributed by atoms with E-state index >= 15 is 0 Å². The van der Waals surface area contributed by atoms with Crippen LogP contribution < -0.4 is 16.2 Å². The normalized spacial score (nSPS) is 10.1. The Balaban J connectivity index is 2.34. The first-order chi connectivity index (χ1) is 9.13. The number of hydrazine groups is 1. The van der Waals surface area contributed by atoms with Gasteiger partial charge in [0.15, 0.2) is 0 Å². The maximum Gasteiger partial charge on any atom is 0.261 e. The summed E-state index contributed by atoms with van der Waals surface area (Å²) in [5.74, 6) is 5.25. The van der Waals surface area contributed by atoms with Crippen LogP contribution in [0.15, 0.2) is 36.8 Å². The molecule has 2 aromatic heterocycles. The lowest BCUT2D eigenvalue weighted by atomic mass is 10.2. The summed E-state index contributed by atoms with van der Waals surface area (Å²) in [6.07, 6.45) is 4.79. The van der Waals surface area contributed by atoms with Crippen molar-refractivity contribution in [3.63, 3.8) is 0 Å². The third-order valence-electron chi connectivity index (χ3n) is 2.78. The molecular formula is C13H15N5O. The molecule has 0 aliphatic heterocycles. The zero-order valence-corrected chi connectivity index (χ0v) is 10.8. The number of nitrogens with zero attached hydrogens (tertiary/aromatic N) is 3. The quantitative estimate of drug-likeness (QED) is 0.640. The van der Waals surface area contributed by atoms with Crippen LogP contribution in [0.25, 0.3) is 0 Å². The molecule has 0 radical (unpaired) electrons. The Kier molecular flexibility index (Phi) is 3.72. The van der Waals surface area contributed by atoms with Crippen LogP contribution in [0.3, 0.4) is 0 Å². The predicted molar refractivity (Wildman–Crippen MR) is 73.8 cm³/mol. The van der Waals surface area contributed by atoms with Gasteiger partial charge in [-0.05, 0) is 25.1 Å². The van der Waals surface area contributed by atoms with Crippen LogP contribution in [-0.2, 0) is 0 Å². The first-order valence-corrected chi connectivity index (χ1v) is 5.75. The number of aryl methyl sites for hydroxylation is 1. The molecule has 19 heavy (non-hydrogen) atoms. The number of nitrogen functional groups attached to an aromatic ring is 1. The maximum atomic E-state index is 12.4. The first-order valence-electron chi connectivity index (χ1n) is 5.75. The highest BCUT2D eigenvalue weighted by molar-refractivity contribution is 6.09. The molecule has 6 heteroatoms. The van der Waals surface area contributed by atoms with Gasteiger partial charge in [-0.25, -0.2) is 0 Å². The van der Waals surface area contributed by atoms with E-state index in [1.165, 1.54) is 11.1 Å². The highest BCUT2D eigenvalue weighted by atomic mass is 16.2. The summed E-state index contributed by atoms with van der Waals surface area (Å²) >= 11 is 0. The number of nitrogens with one attached hydrogen (secondary N) is 1. The molecule has 0 saturated heterocycles. The van der Waals surface area contributed by atoms with Crippen molar-refractivity contribution >= 4 is 17.3 Å². The minimum absolute atomic E-state index is 0.188. The van der Waals surface area contributed by atoms with E-state index in [2.05, 4.69) is 15.4 Å². The average molecular weight is 257 g/mol.